The van der Waals surface area contributed by atoms with E-state index >= 15 is 0 Å². The van der Waals surface area contributed by atoms with Crippen molar-refractivity contribution >= 4 is 10.0 Å². The van der Waals surface area contributed by atoms with Gasteiger partial charge in [-0.05, 0) is 5.92 Å². The second-order valence-corrected chi connectivity index (χ2v) is 6.92. The van der Waals surface area contributed by atoms with Crippen LogP contribution in [0, 0.1) is 5.92 Å². The summed E-state index contributed by atoms with van der Waals surface area (Å²) in [6, 6.07) is 0. The zero-order valence-corrected chi connectivity index (χ0v) is 13.2. The Morgan fingerprint density at radius 1 is 1.32 bits per heavy atom. The molecule has 0 atom stereocenters. The lowest BCUT2D eigenvalue weighted by Gasteiger charge is -2.22. The summed E-state index contributed by atoms with van der Waals surface area (Å²) in [6.07, 6.45) is 5.38. The molecule has 0 saturated heterocycles. The molecule has 0 radical (unpaired) electrons. The molecular formula is C13H25N3O2S. The van der Waals surface area contributed by atoms with E-state index in [0.29, 0.717) is 13.1 Å². The summed E-state index contributed by atoms with van der Waals surface area (Å²) < 4.78 is 28.0. The maximum Gasteiger partial charge on any atom is 0.214 e. The zero-order valence-electron chi connectivity index (χ0n) is 12.3. The number of hydrogen-bond acceptors (Lipinski definition) is 3. The average Bonchev–Trinajstić information content (AvgIpc) is 2.78. The van der Waals surface area contributed by atoms with Crippen LogP contribution >= 0.6 is 0 Å². The number of nitrogens with zero attached hydrogens (tertiary/aromatic N) is 3. The third-order valence-corrected chi connectivity index (χ3v) is 5.53. The fourth-order valence-electron chi connectivity index (χ4n) is 2.09. The maximum absolute atomic E-state index is 12.4. The standard InChI is InChI=1S/C13H25N3O2S/c1-5-12(6-2)11-19(17,18)16(7-3)10-13-8-14-15(4)9-13/h8-9,12H,5-7,10-11H2,1-4H3. The van der Waals surface area contributed by atoms with Crippen LogP contribution in [0.3, 0.4) is 0 Å². The molecule has 0 bridgehead atoms. The van der Waals surface area contributed by atoms with Gasteiger partial charge in [-0.3, -0.25) is 4.68 Å². The molecule has 0 saturated carbocycles. The van der Waals surface area contributed by atoms with E-state index in [1.807, 2.05) is 34.0 Å². The highest BCUT2D eigenvalue weighted by Crippen LogP contribution is 2.16. The largest absolute Gasteiger partial charge is 0.275 e. The lowest BCUT2D eigenvalue weighted by atomic mass is 10.1. The second kappa shape index (κ2) is 7.05. The van der Waals surface area contributed by atoms with E-state index in [2.05, 4.69) is 5.10 Å². The molecule has 0 N–H and O–H groups in total. The van der Waals surface area contributed by atoms with Gasteiger partial charge < -0.3 is 0 Å². The number of hydrogen-bond donors (Lipinski definition) is 0. The van der Waals surface area contributed by atoms with Crippen molar-refractivity contribution in [3.05, 3.63) is 18.0 Å². The Balaban J connectivity index is 2.77. The zero-order chi connectivity index (χ0) is 14.5. The molecule has 0 aromatic carbocycles. The second-order valence-electron chi connectivity index (χ2n) is 4.91. The first kappa shape index (κ1) is 16.2. The molecule has 6 heteroatoms. The molecule has 1 rings (SSSR count). The highest BCUT2D eigenvalue weighted by molar-refractivity contribution is 7.89. The smallest absolute Gasteiger partial charge is 0.214 e. The summed E-state index contributed by atoms with van der Waals surface area (Å²) in [5.41, 5.74) is 0.928. The predicted molar refractivity (Wildman–Crippen MR) is 77.2 cm³/mol. The van der Waals surface area contributed by atoms with Crippen molar-refractivity contribution < 1.29 is 8.42 Å². The number of rotatable bonds is 8. The van der Waals surface area contributed by atoms with E-state index in [1.54, 1.807) is 15.2 Å². The van der Waals surface area contributed by atoms with Crippen LogP contribution in [0.15, 0.2) is 12.4 Å². The van der Waals surface area contributed by atoms with Crippen molar-refractivity contribution in [3.8, 4) is 0 Å². The number of aryl methyl sites for hydroxylation is 1. The van der Waals surface area contributed by atoms with Crippen molar-refractivity contribution in [1.29, 1.82) is 0 Å². The van der Waals surface area contributed by atoms with E-state index in [-0.39, 0.29) is 11.7 Å². The van der Waals surface area contributed by atoms with Gasteiger partial charge in [-0.25, -0.2) is 8.42 Å². The Bertz CT molecular complexity index is 478. The van der Waals surface area contributed by atoms with Crippen LogP contribution in [0.1, 0.15) is 39.2 Å². The molecule has 1 aromatic heterocycles. The van der Waals surface area contributed by atoms with Crippen LogP contribution < -0.4 is 0 Å². The Kier molecular flexibility index (Phi) is 6.00. The molecule has 110 valence electrons. The summed E-state index contributed by atoms with van der Waals surface area (Å²) >= 11 is 0. The van der Waals surface area contributed by atoms with Crippen molar-refractivity contribution in [1.82, 2.24) is 14.1 Å². The monoisotopic (exact) mass is 287 g/mol. The summed E-state index contributed by atoms with van der Waals surface area (Å²) in [6.45, 7) is 6.87. The molecule has 0 aliphatic carbocycles. The molecule has 0 aliphatic rings. The molecular weight excluding hydrogens is 262 g/mol. The average molecular weight is 287 g/mol. The molecule has 5 nitrogen and oxygen atoms in total. The Morgan fingerprint density at radius 2 is 1.95 bits per heavy atom. The van der Waals surface area contributed by atoms with E-state index < -0.39 is 10.0 Å². The fraction of sp³-hybridized carbons (Fsp3) is 0.769. The molecule has 1 aromatic rings. The van der Waals surface area contributed by atoms with E-state index in [4.69, 9.17) is 0 Å². The molecule has 0 unspecified atom stereocenters. The first-order valence-corrected chi connectivity index (χ1v) is 8.49. The first-order chi connectivity index (χ1) is 8.92. The lowest BCUT2D eigenvalue weighted by molar-refractivity contribution is 0.411. The van der Waals surface area contributed by atoms with Crippen LogP contribution in [-0.2, 0) is 23.6 Å². The van der Waals surface area contributed by atoms with E-state index in [9.17, 15) is 8.42 Å². The third kappa shape index (κ3) is 4.62. The maximum atomic E-state index is 12.4. The van der Waals surface area contributed by atoms with Gasteiger partial charge in [-0.15, -0.1) is 0 Å². The van der Waals surface area contributed by atoms with Crippen molar-refractivity contribution in [2.45, 2.75) is 40.2 Å². The third-order valence-electron chi connectivity index (χ3n) is 3.46. The van der Waals surface area contributed by atoms with Crippen LogP contribution in [0.2, 0.25) is 0 Å². The van der Waals surface area contributed by atoms with E-state index in [1.165, 1.54) is 0 Å². The minimum Gasteiger partial charge on any atom is -0.275 e. The summed E-state index contributed by atoms with van der Waals surface area (Å²) in [5.74, 6) is 0.488. The SMILES string of the molecule is CCC(CC)CS(=O)(=O)N(CC)Cc1cnn(C)c1. The van der Waals surface area contributed by atoms with Gasteiger partial charge in [-0.2, -0.15) is 9.40 Å². The van der Waals surface area contributed by atoms with Gasteiger partial charge in [0.2, 0.25) is 10.0 Å². The van der Waals surface area contributed by atoms with Crippen LogP contribution in [0.25, 0.3) is 0 Å². The fourth-order valence-corrected chi connectivity index (χ4v) is 4.11. The number of sulfonamides is 1. The first-order valence-electron chi connectivity index (χ1n) is 6.88. The van der Waals surface area contributed by atoms with Gasteiger partial charge in [0.25, 0.3) is 0 Å². The Morgan fingerprint density at radius 3 is 2.37 bits per heavy atom. The van der Waals surface area contributed by atoms with Gasteiger partial charge in [0.1, 0.15) is 0 Å². The predicted octanol–water partition coefficient (Wildman–Crippen LogP) is 2.01. The van der Waals surface area contributed by atoms with Gasteiger partial charge in [0.05, 0.1) is 11.9 Å². The molecule has 0 fully saturated rings. The summed E-state index contributed by atoms with van der Waals surface area (Å²) in [4.78, 5) is 0. The van der Waals surface area contributed by atoms with Crippen molar-refractivity contribution in [2.75, 3.05) is 12.3 Å². The molecule has 0 aliphatic heterocycles. The highest BCUT2D eigenvalue weighted by Gasteiger charge is 2.24. The van der Waals surface area contributed by atoms with Crippen molar-refractivity contribution in [2.24, 2.45) is 13.0 Å². The minimum absolute atomic E-state index is 0.243. The Hall–Kier alpha value is -0.880. The Labute approximate surface area is 116 Å². The summed E-state index contributed by atoms with van der Waals surface area (Å²) in [5, 5.41) is 4.07. The van der Waals surface area contributed by atoms with Crippen LogP contribution in [-0.4, -0.2) is 34.8 Å². The normalized spacial score (nSPS) is 12.5. The molecule has 19 heavy (non-hydrogen) atoms. The number of aromatic nitrogens is 2. The summed E-state index contributed by atoms with van der Waals surface area (Å²) in [7, 11) is -1.36. The minimum atomic E-state index is -3.19. The lowest BCUT2D eigenvalue weighted by Crippen LogP contribution is -2.34. The van der Waals surface area contributed by atoms with Crippen LogP contribution in [0.5, 0.6) is 0 Å². The molecule has 0 amide bonds. The molecule has 0 spiro atoms. The molecule has 1 heterocycles. The van der Waals surface area contributed by atoms with Gasteiger partial charge >= 0.3 is 0 Å². The van der Waals surface area contributed by atoms with Crippen molar-refractivity contribution in [3.63, 3.8) is 0 Å². The van der Waals surface area contributed by atoms with Gasteiger partial charge in [0.15, 0.2) is 0 Å². The van der Waals surface area contributed by atoms with Crippen LogP contribution in [0.4, 0.5) is 0 Å². The van der Waals surface area contributed by atoms with Gasteiger partial charge in [0, 0.05) is 31.9 Å². The highest BCUT2D eigenvalue weighted by atomic mass is 32.2. The van der Waals surface area contributed by atoms with Gasteiger partial charge in [-0.1, -0.05) is 33.6 Å². The quantitative estimate of drug-likeness (QED) is 0.735. The van der Waals surface area contributed by atoms with E-state index in [0.717, 1.165) is 18.4 Å². The topological polar surface area (TPSA) is 55.2 Å².